The van der Waals surface area contributed by atoms with Crippen molar-refractivity contribution in [1.29, 1.82) is 0 Å². The lowest BCUT2D eigenvalue weighted by Gasteiger charge is -2.08. The quantitative estimate of drug-likeness (QED) is 0.480. The molecule has 0 saturated heterocycles. The summed E-state index contributed by atoms with van der Waals surface area (Å²) in [5.74, 6) is 0. The molecule has 0 spiro atoms. The zero-order valence-corrected chi connectivity index (χ0v) is 11.4. The second kappa shape index (κ2) is 10.5. The van der Waals surface area contributed by atoms with Gasteiger partial charge in [0, 0.05) is 6.61 Å². The van der Waals surface area contributed by atoms with Crippen LogP contribution in [0.1, 0.15) is 12.5 Å². The number of hydrogen-bond donors (Lipinski definition) is 0. The predicted octanol–water partition coefficient (Wildman–Crippen LogP) is 2.54. The van der Waals surface area contributed by atoms with Crippen LogP contribution >= 0.6 is 0 Å². The fourth-order valence-corrected chi connectivity index (χ4v) is 1.49. The third-order valence-corrected chi connectivity index (χ3v) is 2.49. The monoisotopic (exact) mass is 263 g/mol. The van der Waals surface area contributed by atoms with Gasteiger partial charge in [0.05, 0.1) is 19.8 Å². The Balaban J connectivity index is 2.10. The van der Waals surface area contributed by atoms with E-state index in [-0.39, 0.29) is 6.04 Å². The van der Waals surface area contributed by atoms with Crippen LogP contribution in [0.2, 0.25) is 0 Å². The SMILES string of the molecule is [C-]#[N+][C@H](COCCOCC)COCc1ccccc1. The molecular weight excluding hydrogens is 242 g/mol. The predicted molar refractivity (Wildman–Crippen MR) is 73.8 cm³/mol. The molecule has 0 bridgehead atoms. The highest BCUT2D eigenvalue weighted by atomic mass is 16.5. The average molecular weight is 263 g/mol. The number of benzene rings is 1. The van der Waals surface area contributed by atoms with E-state index >= 15 is 0 Å². The molecule has 19 heavy (non-hydrogen) atoms. The first-order chi connectivity index (χ1) is 9.36. The third kappa shape index (κ3) is 7.58. The van der Waals surface area contributed by atoms with Crippen molar-refractivity contribution in [3.8, 4) is 0 Å². The Labute approximate surface area is 115 Å². The maximum atomic E-state index is 7.09. The summed E-state index contributed by atoms with van der Waals surface area (Å²) < 4.78 is 16.1. The van der Waals surface area contributed by atoms with Crippen LogP contribution in [-0.2, 0) is 20.8 Å². The maximum Gasteiger partial charge on any atom is 0.269 e. The second-order valence-electron chi connectivity index (χ2n) is 4.06. The summed E-state index contributed by atoms with van der Waals surface area (Å²) in [6.45, 7) is 12.2. The topological polar surface area (TPSA) is 32.0 Å². The molecule has 104 valence electrons. The molecule has 0 aliphatic carbocycles. The van der Waals surface area contributed by atoms with Gasteiger partial charge in [-0.15, -0.1) is 0 Å². The van der Waals surface area contributed by atoms with Gasteiger partial charge in [0.2, 0.25) is 0 Å². The Morgan fingerprint density at radius 2 is 1.74 bits per heavy atom. The smallest absolute Gasteiger partial charge is 0.269 e. The van der Waals surface area contributed by atoms with Crippen molar-refractivity contribution in [2.75, 3.05) is 33.0 Å². The van der Waals surface area contributed by atoms with Crippen LogP contribution in [-0.4, -0.2) is 39.1 Å². The molecule has 0 heterocycles. The van der Waals surface area contributed by atoms with Crippen LogP contribution < -0.4 is 0 Å². The third-order valence-electron chi connectivity index (χ3n) is 2.49. The average Bonchev–Trinajstić information content (AvgIpc) is 2.46. The highest BCUT2D eigenvalue weighted by Crippen LogP contribution is 2.02. The fraction of sp³-hybridized carbons (Fsp3) is 0.533. The Kier molecular flexibility index (Phi) is 8.65. The van der Waals surface area contributed by atoms with E-state index in [1.165, 1.54) is 0 Å². The van der Waals surface area contributed by atoms with E-state index in [4.69, 9.17) is 20.8 Å². The summed E-state index contributed by atoms with van der Waals surface area (Å²) in [4.78, 5) is 3.50. The Hall–Kier alpha value is -1.41. The molecule has 0 aliphatic heterocycles. The summed E-state index contributed by atoms with van der Waals surface area (Å²) in [6.07, 6.45) is 0. The van der Waals surface area contributed by atoms with Gasteiger partial charge in [-0.1, -0.05) is 30.3 Å². The van der Waals surface area contributed by atoms with E-state index in [2.05, 4.69) is 4.85 Å². The van der Waals surface area contributed by atoms with E-state index in [0.29, 0.717) is 39.6 Å². The van der Waals surface area contributed by atoms with E-state index in [9.17, 15) is 0 Å². The van der Waals surface area contributed by atoms with Gasteiger partial charge in [-0.2, -0.15) is 0 Å². The minimum Gasteiger partial charge on any atom is -0.379 e. The zero-order valence-electron chi connectivity index (χ0n) is 11.4. The Morgan fingerprint density at radius 3 is 2.42 bits per heavy atom. The lowest BCUT2D eigenvalue weighted by molar-refractivity contribution is 0.0342. The number of ether oxygens (including phenoxy) is 3. The first kappa shape index (κ1) is 15.6. The molecule has 0 aromatic heterocycles. The van der Waals surface area contributed by atoms with Gasteiger partial charge in [0.1, 0.15) is 13.2 Å². The number of hydrogen-bond acceptors (Lipinski definition) is 3. The van der Waals surface area contributed by atoms with E-state index in [1.54, 1.807) is 0 Å². The van der Waals surface area contributed by atoms with Gasteiger partial charge in [-0.25, -0.2) is 6.57 Å². The standard InChI is InChI=1S/C15H21NO3/c1-3-17-9-10-18-12-15(16-2)13-19-11-14-7-5-4-6-8-14/h4-8,15H,3,9-13H2,1H3/t15-/m1/s1. The fourth-order valence-electron chi connectivity index (χ4n) is 1.49. The van der Waals surface area contributed by atoms with Crippen LogP contribution in [0.5, 0.6) is 0 Å². The summed E-state index contributed by atoms with van der Waals surface area (Å²) in [5, 5.41) is 0. The molecule has 4 nitrogen and oxygen atoms in total. The van der Waals surface area contributed by atoms with Gasteiger partial charge in [-0.3, -0.25) is 0 Å². The second-order valence-corrected chi connectivity index (χ2v) is 4.06. The van der Waals surface area contributed by atoms with Crippen molar-refractivity contribution in [2.45, 2.75) is 19.6 Å². The highest BCUT2D eigenvalue weighted by molar-refractivity contribution is 5.13. The zero-order chi connectivity index (χ0) is 13.8. The van der Waals surface area contributed by atoms with Gasteiger partial charge in [-0.05, 0) is 12.5 Å². The minimum atomic E-state index is -0.245. The molecule has 0 fully saturated rings. The Morgan fingerprint density at radius 1 is 1.05 bits per heavy atom. The highest BCUT2D eigenvalue weighted by Gasteiger charge is 2.12. The van der Waals surface area contributed by atoms with Crippen molar-refractivity contribution in [3.05, 3.63) is 47.3 Å². The molecule has 4 heteroatoms. The first-order valence-electron chi connectivity index (χ1n) is 6.50. The van der Waals surface area contributed by atoms with Gasteiger partial charge < -0.3 is 19.1 Å². The molecule has 0 N–H and O–H groups in total. The summed E-state index contributed by atoms with van der Waals surface area (Å²) >= 11 is 0. The summed E-state index contributed by atoms with van der Waals surface area (Å²) in [7, 11) is 0. The minimum absolute atomic E-state index is 0.245. The van der Waals surface area contributed by atoms with Gasteiger partial charge in [0.25, 0.3) is 6.04 Å². The van der Waals surface area contributed by atoms with Crippen LogP contribution in [0.15, 0.2) is 30.3 Å². The van der Waals surface area contributed by atoms with Crippen LogP contribution in [0.3, 0.4) is 0 Å². The van der Waals surface area contributed by atoms with Crippen molar-refractivity contribution in [3.63, 3.8) is 0 Å². The molecule has 0 amide bonds. The maximum absolute atomic E-state index is 7.09. The lowest BCUT2D eigenvalue weighted by Crippen LogP contribution is -2.20. The van der Waals surface area contributed by atoms with Crippen molar-refractivity contribution in [1.82, 2.24) is 0 Å². The van der Waals surface area contributed by atoms with E-state index < -0.39 is 0 Å². The lowest BCUT2D eigenvalue weighted by atomic mass is 10.2. The van der Waals surface area contributed by atoms with Crippen molar-refractivity contribution >= 4 is 0 Å². The van der Waals surface area contributed by atoms with Crippen LogP contribution in [0.4, 0.5) is 0 Å². The molecule has 0 unspecified atom stereocenters. The van der Waals surface area contributed by atoms with Crippen LogP contribution in [0.25, 0.3) is 4.85 Å². The Bertz CT molecular complexity index is 361. The largest absolute Gasteiger partial charge is 0.379 e. The van der Waals surface area contributed by atoms with Crippen LogP contribution in [0, 0.1) is 6.57 Å². The summed E-state index contributed by atoms with van der Waals surface area (Å²) in [6, 6.07) is 9.68. The molecule has 1 rings (SSSR count). The molecule has 1 aromatic rings. The molecule has 1 aromatic carbocycles. The van der Waals surface area contributed by atoms with Gasteiger partial charge in [0.15, 0.2) is 0 Å². The van der Waals surface area contributed by atoms with E-state index in [0.717, 1.165) is 5.56 Å². The number of rotatable bonds is 10. The molecular formula is C15H21NO3. The number of nitrogens with zero attached hydrogens (tertiary/aromatic N) is 1. The first-order valence-corrected chi connectivity index (χ1v) is 6.50. The molecule has 1 atom stereocenters. The molecule has 0 radical (unpaired) electrons. The summed E-state index contributed by atoms with van der Waals surface area (Å²) in [5.41, 5.74) is 1.11. The van der Waals surface area contributed by atoms with E-state index in [1.807, 2.05) is 37.3 Å². The van der Waals surface area contributed by atoms with Crippen molar-refractivity contribution in [2.24, 2.45) is 0 Å². The molecule has 0 saturated carbocycles. The van der Waals surface area contributed by atoms with Gasteiger partial charge >= 0.3 is 0 Å². The molecule has 0 aliphatic rings. The normalized spacial score (nSPS) is 12.0. The van der Waals surface area contributed by atoms with Crippen molar-refractivity contribution < 1.29 is 14.2 Å².